The van der Waals surface area contributed by atoms with Crippen molar-refractivity contribution < 1.29 is 68.8 Å². The smallest absolute Gasteiger partial charge is 0.361 e. The molecule has 6 aliphatic rings. The largest absolute Gasteiger partial charge is 0.481 e. The summed E-state index contributed by atoms with van der Waals surface area (Å²) in [7, 11) is 0. The molecular formula is C40H60O14. The van der Waals surface area contributed by atoms with Gasteiger partial charge in [-0.05, 0) is 109 Å². The van der Waals surface area contributed by atoms with Crippen LogP contribution in [0.2, 0.25) is 0 Å². The van der Waals surface area contributed by atoms with E-state index in [1.165, 1.54) is 5.57 Å². The Morgan fingerprint density at radius 1 is 0.852 bits per heavy atom. The molecule has 5 aliphatic carbocycles. The average Bonchev–Trinajstić information content (AvgIpc) is 3.06. The standard InChI is InChI=1S/C40H60O14/c1-35(2)14-16-40(34(49)50)17-15-38(6)20(21(40)18-35)8-9-23-37(5)12-11-24(36(3,4)22(37)10-13-39(23,38)7)52-32-27(44)28(26(43)29(54-32)30(45)46)53-33(31(47)48)51-19-25(41)42/h8,21-24,26-29,32-33,43-44H,9-19H2,1-7H3,(H,41,42)(H,45,46)(H,47,48)(H,49,50)/t21-,22-,23+,24-,26-,27+,28-,29-,32+,33?,37-,38+,39+,40-/m0/s1. The zero-order chi connectivity index (χ0) is 40.0. The summed E-state index contributed by atoms with van der Waals surface area (Å²) in [6, 6.07) is 0. The van der Waals surface area contributed by atoms with Crippen LogP contribution in [0.1, 0.15) is 113 Å². The average molecular weight is 765 g/mol. The number of aliphatic hydroxyl groups excluding tert-OH is 2. The number of hydrogen-bond acceptors (Lipinski definition) is 10. The fourth-order valence-electron chi connectivity index (χ4n) is 12.8. The Balaban J connectivity index is 1.25. The number of allylic oxidation sites excluding steroid dienone is 2. The van der Waals surface area contributed by atoms with E-state index in [1.807, 2.05) is 0 Å². The number of rotatable bonds is 10. The van der Waals surface area contributed by atoms with E-state index in [1.54, 1.807) is 0 Å². The molecule has 6 N–H and O–H groups in total. The van der Waals surface area contributed by atoms with Gasteiger partial charge in [-0.3, -0.25) is 4.79 Å². The summed E-state index contributed by atoms with van der Waals surface area (Å²) in [6.45, 7) is 14.9. The minimum absolute atomic E-state index is 0.0127. The first kappa shape index (κ1) is 41.0. The molecule has 14 atom stereocenters. The number of fused-ring (bicyclic) bond motifs is 7. The maximum atomic E-state index is 13.0. The molecule has 1 aliphatic heterocycles. The van der Waals surface area contributed by atoms with E-state index < -0.39 is 84.4 Å². The van der Waals surface area contributed by atoms with Crippen LogP contribution in [0, 0.1) is 50.2 Å². The van der Waals surface area contributed by atoms with Crippen molar-refractivity contribution in [3.8, 4) is 0 Å². The highest BCUT2D eigenvalue weighted by Gasteiger charge is 2.69. The molecule has 0 radical (unpaired) electrons. The van der Waals surface area contributed by atoms with Gasteiger partial charge in [0.25, 0.3) is 6.29 Å². The number of ether oxygens (including phenoxy) is 4. The Morgan fingerprint density at radius 2 is 1.52 bits per heavy atom. The topological polar surface area (TPSA) is 227 Å². The van der Waals surface area contributed by atoms with Crippen molar-refractivity contribution in [3.63, 3.8) is 0 Å². The highest BCUT2D eigenvalue weighted by molar-refractivity contribution is 5.77. The fraction of sp³-hybridized carbons (Fsp3) is 0.850. The Labute approximate surface area is 316 Å². The number of carboxylic acids is 4. The summed E-state index contributed by atoms with van der Waals surface area (Å²) < 4.78 is 22.2. The molecule has 4 saturated carbocycles. The first-order valence-electron chi connectivity index (χ1n) is 19.5. The SMILES string of the molecule is CC1(C)CC[C@]2(C(=O)O)CC[C@]3(C)C(=CC[C@@H]4[C@@]5(C)CC[C@H](O[C@@H]6O[C@H](C(=O)O)[C@@H](O)[C@H](OC(OCC(=O)O)C(=O)O)[C@H]6O)C(C)(C)[C@@H]5CC[C@]43C)[C@@H]2C1. The van der Waals surface area contributed by atoms with E-state index in [2.05, 4.69) is 54.5 Å². The lowest BCUT2D eigenvalue weighted by molar-refractivity contribution is -0.339. The van der Waals surface area contributed by atoms with Crippen molar-refractivity contribution in [2.75, 3.05) is 6.61 Å². The summed E-state index contributed by atoms with van der Waals surface area (Å²) in [5.74, 6) is -4.98. The quantitative estimate of drug-likeness (QED) is 0.101. The van der Waals surface area contributed by atoms with Gasteiger partial charge in [0.2, 0.25) is 0 Å². The van der Waals surface area contributed by atoms with E-state index in [-0.39, 0.29) is 33.5 Å². The molecule has 0 aromatic carbocycles. The van der Waals surface area contributed by atoms with E-state index >= 15 is 0 Å². The van der Waals surface area contributed by atoms with Gasteiger partial charge in [-0.2, -0.15) is 0 Å². The van der Waals surface area contributed by atoms with Crippen molar-refractivity contribution in [2.24, 2.45) is 50.2 Å². The van der Waals surface area contributed by atoms with E-state index in [4.69, 9.17) is 24.1 Å². The van der Waals surface area contributed by atoms with Crippen LogP contribution >= 0.6 is 0 Å². The van der Waals surface area contributed by atoms with Crippen LogP contribution in [-0.2, 0) is 38.1 Å². The molecule has 54 heavy (non-hydrogen) atoms. The molecule has 14 nitrogen and oxygen atoms in total. The Bertz CT molecular complexity index is 1560. The lowest BCUT2D eigenvalue weighted by Gasteiger charge is -2.71. The predicted octanol–water partition coefficient (Wildman–Crippen LogP) is 4.69. The molecule has 1 unspecified atom stereocenters. The minimum atomic E-state index is -2.23. The van der Waals surface area contributed by atoms with E-state index in [0.717, 1.165) is 44.9 Å². The molecule has 6 rings (SSSR count). The van der Waals surface area contributed by atoms with Gasteiger partial charge in [0.05, 0.1) is 11.5 Å². The van der Waals surface area contributed by atoms with Gasteiger partial charge in [-0.15, -0.1) is 0 Å². The lowest BCUT2D eigenvalue weighted by Crippen LogP contribution is -2.66. The third kappa shape index (κ3) is 6.31. The van der Waals surface area contributed by atoms with Crippen LogP contribution in [0.5, 0.6) is 0 Å². The van der Waals surface area contributed by atoms with Crippen molar-refractivity contribution in [2.45, 2.75) is 156 Å². The van der Waals surface area contributed by atoms with Crippen LogP contribution in [0.15, 0.2) is 11.6 Å². The summed E-state index contributed by atoms with van der Waals surface area (Å²) in [5, 5.41) is 61.3. The van der Waals surface area contributed by atoms with Crippen LogP contribution in [0.3, 0.4) is 0 Å². The van der Waals surface area contributed by atoms with Crippen LogP contribution in [0.25, 0.3) is 0 Å². The second kappa shape index (κ2) is 13.8. The number of hydrogen-bond donors (Lipinski definition) is 6. The van der Waals surface area contributed by atoms with Crippen molar-refractivity contribution in [1.82, 2.24) is 0 Å². The van der Waals surface area contributed by atoms with Gasteiger partial charge >= 0.3 is 23.9 Å². The molecule has 5 fully saturated rings. The fourth-order valence-corrected chi connectivity index (χ4v) is 12.8. The first-order valence-corrected chi connectivity index (χ1v) is 19.5. The maximum Gasteiger partial charge on any atom is 0.361 e. The Hall–Kier alpha value is -2.62. The van der Waals surface area contributed by atoms with E-state index in [9.17, 15) is 44.7 Å². The van der Waals surface area contributed by atoms with Crippen molar-refractivity contribution in [1.29, 1.82) is 0 Å². The number of carboxylic acid groups (broad SMARTS) is 4. The summed E-state index contributed by atoms with van der Waals surface area (Å²) in [4.78, 5) is 48.0. The molecule has 1 heterocycles. The van der Waals surface area contributed by atoms with Gasteiger partial charge < -0.3 is 49.6 Å². The molecule has 0 aromatic heterocycles. The zero-order valence-corrected chi connectivity index (χ0v) is 32.6. The van der Waals surface area contributed by atoms with Crippen molar-refractivity contribution >= 4 is 23.9 Å². The number of carbonyl (C=O) groups is 4. The molecule has 14 heteroatoms. The highest BCUT2D eigenvalue weighted by atomic mass is 16.7. The second-order valence-corrected chi connectivity index (χ2v) is 19.4. The Morgan fingerprint density at radius 3 is 2.13 bits per heavy atom. The molecular weight excluding hydrogens is 704 g/mol. The zero-order valence-electron chi connectivity index (χ0n) is 32.6. The maximum absolute atomic E-state index is 13.0. The van der Waals surface area contributed by atoms with Gasteiger partial charge in [0.1, 0.15) is 24.9 Å². The van der Waals surface area contributed by atoms with Gasteiger partial charge in [-0.1, -0.05) is 60.1 Å². The number of aliphatic carboxylic acids is 4. The first-order chi connectivity index (χ1) is 24.9. The third-order valence-corrected chi connectivity index (χ3v) is 15.9. The van der Waals surface area contributed by atoms with E-state index in [0.29, 0.717) is 25.2 Å². The monoisotopic (exact) mass is 764 g/mol. The van der Waals surface area contributed by atoms with Gasteiger partial charge in [0.15, 0.2) is 12.4 Å². The molecule has 1 saturated heterocycles. The molecule has 0 aromatic rings. The highest BCUT2D eigenvalue weighted by Crippen LogP contribution is 2.76. The van der Waals surface area contributed by atoms with Crippen LogP contribution < -0.4 is 0 Å². The normalized spacial score (nSPS) is 45.6. The van der Waals surface area contributed by atoms with Gasteiger partial charge in [-0.25, -0.2) is 14.4 Å². The Kier molecular flexibility index (Phi) is 10.5. The summed E-state index contributed by atoms with van der Waals surface area (Å²) >= 11 is 0. The minimum Gasteiger partial charge on any atom is -0.481 e. The van der Waals surface area contributed by atoms with Crippen LogP contribution in [-0.4, -0.2) is 104 Å². The van der Waals surface area contributed by atoms with Crippen molar-refractivity contribution in [3.05, 3.63) is 11.6 Å². The summed E-state index contributed by atoms with van der Waals surface area (Å²) in [5.41, 5.74) is -0.128. The molecule has 0 amide bonds. The van der Waals surface area contributed by atoms with Gasteiger partial charge in [0, 0.05) is 0 Å². The predicted molar refractivity (Wildman–Crippen MR) is 190 cm³/mol. The third-order valence-electron chi connectivity index (χ3n) is 15.9. The van der Waals surface area contributed by atoms with Crippen LogP contribution in [0.4, 0.5) is 0 Å². The second-order valence-electron chi connectivity index (χ2n) is 19.4. The number of aliphatic hydroxyl groups is 2. The molecule has 304 valence electrons. The lowest BCUT2D eigenvalue weighted by atomic mass is 9.33. The summed E-state index contributed by atoms with van der Waals surface area (Å²) in [6.07, 6.45) is -1.60. The molecule has 0 bridgehead atoms. The molecule has 0 spiro atoms.